The van der Waals surface area contributed by atoms with E-state index in [2.05, 4.69) is 10.6 Å². The van der Waals surface area contributed by atoms with Gasteiger partial charge in [0.25, 0.3) is 5.56 Å². The molecule has 0 saturated heterocycles. The Morgan fingerprint density at radius 1 is 0.757 bits per heavy atom. The first-order valence-corrected chi connectivity index (χ1v) is 12.0. The molecule has 0 atom stereocenters. The van der Waals surface area contributed by atoms with Gasteiger partial charge in [0, 0.05) is 24.3 Å². The molecule has 9 heteroatoms. The third-order valence-corrected chi connectivity index (χ3v) is 5.90. The topological polar surface area (TPSA) is 111 Å². The van der Waals surface area contributed by atoms with Crippen LogP contribution in [0, 0.1) is 0 Å². The van der Waals surface area contributed by atoms with Gasteiger partial charge in [-0.2, -0.15) is 0 Å². The van der Waals surface area contributed by atoms with Crippen LogP contribution in [-0.2, 0) is 22.7 Å². The Balaban J connectivity index is 1.47. The van der Waals surface area contributed by atoms with Gasteiger partial charge < -0.3 is 15.4 Å². The number of aromatic nitrogens is 2. The number of nitrogens with zero attached hydrogens (tertiary/aromatic N) is 2. The second-order valence-electron chi connectivity index (χ2n) is 8.49. The maximum Gasteiger partial charge on any atom is 0.331 e. The highest BCUT2D eigenvalue weighted by atomic mass is 16.5. The molecule has 0 bridgehead atoms. The Labute approximate surface area is 213 Å². The lowest BCUT2D eigenvalue weighted by atomic mass is 10.2. The Bertz CT molecular complexity index is 1510. The number of rotatable bonds is 10. The Kier molecular flexibility index (Phi) is 8.15. The summed E-state index contributed by atoms with van der Waals surface area (Å²) in [5.41, 5.74) is 0.684. The molecule has 3 aromatic carbocycles. The summed E-state index contributed by atoms with van der Waals surface area (Å²) in [5.74, 6) is 0.120. The number of hydrogen-bond donors (Lipinski definition) is 2. The number of unbranched alkanes of at least 4 members (excludes halogenated alkanes) is 1. The van der Waals surface area contributed by atoms with Crippen molar-refractivity contribution in [3.8, 4) is 5.75 Å². The number of amides is 2. The first kappa shape index (κ1) is 25.4. The molecule has 0 saturated carbocycles. The van der Waals surface area contributed by atoms with Crippen molar-refractivity contribution in [1.29, 1.82) is 0 Å². The van der Waals surface area contributed by atoms with Crippen LogP contribution in [0.25, 0.3) is 10.9 Å². The largest absolute Gasteiger partial charge is 0.497 e. The minimum Gasteiger partial charge on any atom is -0.497 e. The molecule has 37 heavy (non-hydrogen) atoms. The molecule has 0 aliphatic heterocycles. The predicted octanol–water partition coefficient (Wildman–Crippen LogP) is 3.62. The molecule has 4 aromatic rings. The summed E-state index contributed by atoms with van der Waals surface area (Å²) in [4.78, 5) is 51.3. The summed E-state index contributed by atoms with van der Waals surface area (Å²) >= 11 is 0. The maximum absolute atomic E-state index is 13.3. The van der Waals surface area contributed by atoms with Crippen LogP contribution in [0.1, 0.15) is 19.3 Å². The zero-order valence-corrected chi connectivity index (χ0v) is 20.5. The van der Waals surface area contributed by atoms with Crippen LogP contribution in [0.3, 0.4) is 0 Å². The highest BCUT2D eigenvalue weighted by Gasteiger charge is 2.15. The number of hydrogen-bond acceptors (Lipinski definition) is 5. The summed E-state index contributed by atoms with van der Waals surface area (Å²) in [7, 11) is 1.56. The normalized spacial score (nSPS) is 10.7. The Morgan fingerprint density at radius 2 is 1.41 bits per heavy atom. The molecule has 4 rings (SSSR count). The van der Waals surface area contributed by atoms with Crippen LogP contribution in [-0.4, -0.2) is 28.1 Å². The van der Waals surface area contributed by atoms with Gasteiger partial charge in [-0.05, 0) is 61.4 Å². The number of fused-ring (bicyclic) bond motifs is 1. The molecule has 0 spiro atoms. The lowest BCUT2D eigenvalue weighted by Gasteiger charge is -2.14. The van der Waals surface area contributed by atoms with Crippen LogP contribution < -0.4 is 26.6 Å². The van der Waals surface area contributed by atoms with E-state index in [1.807, 2.05) is 18.2 Å². The zero-order chi connectivity index (χ0) is 26.2. The van der Waals surface area contributed by atoms with Crippen molar-refractivity contribution in [2.24, 2.45) is 0 Å². The number of ether oxygens (including phenoxy) is 1. The van der Waals surface area contributed by atoms with E-state index in [1.54, 1.807) is 67.8 Å². The maximum atomic E-state index is 13.3. The standard InChI is InChI=1S/C28H28N4O5/c1-37-22-16-14-21(15-17-22)30-26(34)19-32-24-12-6-5-11-23(24)27(35)31(28(32)36)18-8-7-13-25(33)29-20-9-3-2-4-10-20/h2-6,9-12,14-17H,7-8,13,18-19H2,1H3,(H,29,33)(H,30,34). The molecular formula is C28H28N4O5. The van der Waals surface area contributed by atoms with Gasteiger partial charge in [0.1, 0.15) is 12.3 Å². The summed E-state index contributed by atoms with van der Waals surface area (Å²) in [6, 6.07) is 22.7. The van der Waals surface area contributed by atoms with E-state index in [1.165, 1.54) is 4.57 Å². The zero-order valence-electron chi connectivity index (χ0n) is 20.5. The van der Waals surface area contributed by atoms with Crippen LogP contribution in [0.15, 0.2) is 88.5 Å². The van der Waals surface area contributed by atoms with Gasteiger partial charge in [-0.1, -0.05) is 30.3 Å². The number of carbonyl (C=O) groups is 2. The summed E-state index contributed by atoms with van der Waals surface area (Å²) in [6.07, 6.45) is 1.21. The van der Waals surface area contributed by atoms with Gasteiger partial charge in [0.2, 0.25) is 11.8 Å². The minimum atomic E-state index is -0.567. The number of nitrogens with one attached hydrogen (secondary N) is 2. The van der Waals surface area contributed by atoms with Gasteiger partial charge >= 0.3 is 5.69 Å². The molecule has 0 unspecified atom stereocenters. The first-order chi connectivity index (χ1) is 18.0. The van der Waals surface area contributed by atoms with Crippen LogP contribution >= 0.6 is 0 Å². The fourth-order valence-electron chi connectivity index (χ4n) is 4.04. The fraction of sp³-hybridized carbons (Fsp3) is 0.214. The van der Waals surface area contributed by atoms with E-state index in [9.17, 15) is 19.2 Å². The molecule has 2 amide bonds. The molecule has 1 aromatic heterocycles. The summed E-state index contributed by atoms with van der Waals surface area (Å²) in [5, 5.41) is 5.93. The molecule has 1 heterocycles. The van der Waals surface area contributed by atoms with E-state index in [4.69, 9.17) is 4.74 Å². The monoisotopic (exact) mass is 500 g/mol. The van der Waals surface area contributed by atoms with Crippen molar-refractivity contribution in [3.05, 3.63) is 99.7 Å². The molecular weight excluding hydrogens is 472 g/mol. The third kappa shape index (κ3) is 6.32. The lowest BCUT2D eigenvalue weighted by Crippen LogP contribution is -2.41. The van der Waals surface area contributed by atoms with Crippen LogP contribution in [0.5, 0.6) is 5.75 Å². The van der Waals surface area contributed by atoms with E-state index in [-0.39, 0.29) is 25.4 Å². The second kappa shape index (κ2) is 11.9. The average Bonchev–Trinajstić information content (AvgIpc) is 2.91. The SMILES string of the molecule is COc1ccc(NC(=O)Cn2c(=O)n(CCCCC(=O)Nc3ccccc3)c(=O)c3ccccc32)cc1. The summed E-state index contributed by atoms with van der Waals surface area (Å²) in [6.45, 7) is -0.119. The second-order valence-corrected chi connectivity index (χ2v) is 8.49. The average molecular weight is 501 g/mol. The van der Waals surface area contributed by atoms with E-state index >= 15 is 0 Å². The van der Waals surface area contributed by atoms with E-state index < -0.39 is 17.2 Å². The number of para-hydroxylation sites is 2. The van der Waals surface area contributed by atoms with Crippen molar-refractivity contribution in [2.45, 2.75) is 32.4 Å². The number of carbonyl (C=O) groups excluding carboxylic acids is 2. The molecule has 0 aliphatic carbocycles. The highest BCUT2D eigenvalue weighted by molar-refractivity contribution is 5.92. The molecule has 9 nitrogen and oxygen atoms in total. The number of benzene rings is 3. The quantitative estimate of drug-likeness (QED) is 0.323. The fourth-order valence-corrected chi connectivity index (χ4v) is 4.04. The van der Waals surface area contributed by atoms with Crippen LogP contribution in [0.2, 0.25) is 0 Å². The van der Waals surface area contributed by atoms with Gasteiger partial charge in [0.05, 0.1) is 18.0 Å². The summed E-state index contributed by atoms with van der Waals surface area (Å²) < 4.78 is 7.57. The third-order valence-electron chi connectivity index (χ3n) is 5.90. The van der Waals surface area contributed by atoms with Crippen molar-refractivity contribution in [2.75, 3.05) is 17.7 Å². The van der Waals surface area contributed by atoms with Gasteiger partial charge in [0.15, 0.2) is 0 Å². The van der Waals surface area contributed by atoms with Crippen molar-refractivity contribution >= 4 is 34.1 Å². The molecule has 0 aliphatic rings. The first-order valence-electron chi connectivity index (χ1n) is 12.0. The highest BCUT2D eigenvalue weighted by Crippen LogP contribution is 2.15. The smallest absolute Gasteiger partial charge is 0.331 e. The van der Waals surface area contributed by atoms with Crippen molar-refractivity contribution in [3.63, 3.8) is 0 Å². The van der Waals surface area contributed by atoms with Gasteiger partial charge in [-0.15, -0.1) is 0 Å². The minimum absolute atomic E-state index is 0.135. The van der Waals surface area contributed by atoms with Gasteiger partial charge in [-0.25, -0.2) is 4.79 Å². The molecule has 0 fully saturated rings. The molecule has 2 N–H and O–H groups in total. The predicted molar refractivity (Wildman–Crippen MR) is 143 cm³/mol. The molecule has 0 radical (unpaired) electrons. The van der Waals surface area contributed by atoms with E-state index in [0.29, 0.717) is 40.9 Å². The van der Waals surface area contributed by atoms with E-state index in [0.717, 1.165) is 4.57 Å². The number of anilines is 2. The molecule has 190 valence electrons. The van der Waals surface area contributed by atoms with Crippen LogP contribution in [0.4, 0.5) is 11.4 Å². The Morgan fingerprint density at radius 3 is 2.14 bits per heavy atom. The van der Waals surface area contributed by atoms with Crippen molar-refractivity contribution < 1.29 is 14.3 Å². The Hall–Kier alpha value is -4.66. The van der Waals surface area contributed by atoms with Crippen molar-refractivity contribution in [1.82, 2.24) is 9.13 Å². The lowest BCUT2D eigenvalue weighted by molar-refractivity contribution is -0.117. The van der Waals surface area contributed by atoms with Gasteiger partial charge in [-0.3, -0.25) is 23.5 Å². The number of methoxy groups -OCH3 is 1.